The molecule has 0 amide bonds. The van der Waals surface area contributed by atoms with Crippen molar-refractivity contribution in [2.45, 2.75) is 98.1 Å². The van der Waals surface area contributed by atoms with Crippen LogP contribution in [-0.2, 0) is 19.6 Å². The zero-order chi connectivity index (χ0) is 31.8. The van der Waals surface area contributed by atoms with E-state index in [9.17, 15) is 18.0 Å². The lowest BCUT2D eigenvalue weighted by Gasteiger charge is -2.20. The third-order valence-electron chi connectivity index (χ3n) is 5.97. The number of fused-ring (bicyclic) bond motifs is 1. The van der Waals surface area contributed by atoms with Gasteiger partial charge in [-0.05, 0) is 77.6 Å². The second-order valence-corrected chi connectivity index (χ2v) is 14.2. The molecule has 1 aliphatic carbocycles. The molecule has 2 aromatic carbocycles. The van der Waals surface area contributed by atoms with Gasteiger partial charge in [-0.1, -0.05) is 56.3 Å². The number of carbonyl (C=O) groups excluding carboxylic acids is 1. The molecular formula is C32H47N3O6S. The minimum absolute atomic E-state index is 0.0111. The zero-order valence-corrected chi connectivity index (χ0v) is 27.4. The number of ether oxygens (including phenoxy) is 2. The van der Waals surface area contributed by atoms with Crippen molar-refractivity contribution in [1.82, 2.24) is 14.5 Å². The fourth-order valence-electron chi connectivity index (χ4n) is 3.89. The van der Waals surface area contributed by atoms with Crippen LogP contribution in [0.3, 0.4) is 0 Å². The van der Waals surface area contributed by atoms with Gasteiger partial charge in [0.1, 0.15) is 5.60 Å². The molecule has 0 bridgehead atoms. The highest BCUT2D eigenvalue weighted by molar-refractivity contribution is 7.90. The van der Waals surface area contributed by atoms with Gasteiger partial charge in [-0.25, -0.2) is 17.8 Å². The van der Waals surface area contributed by atoms with Gasteiger partial charge in [0, 0.05) is 6.04 Å². The monoisotopic (exact) mass is 601 g/mol. The zero-order valence-electron chi connectivity index (χ0n) is 26.6. The highest BCUT2D eigenvalue weighted by Gasteiger charge is 2.35. The van der Waals surface area contributed by atoms with Crippen LogP contribution in [0, 0.1) is 5.92 Å². The van der Waals surface area contributed by atoms with Gasteiger partial charge in [0.15, 0.2) is 5.75 Å². The molecule has 0 spiro atoms. The van der Waals surface area contributed by atoms with E-state index in [0.29, 0.717) is 5.75 Å². The van der Waals surface area contributed by atoms with E-state index in [-0.39, 0.29) is 40.4 Å². The lowest BCUT2D eigenvalue weighted by molar-refractivity contribution is -0.158. The van der Waals surface area contributed by atoms with Crippen LogP contribution >= 0.6 is 0 Å². The molecule has 1 aliphatic rings. The minimum Gasteiger partial charge on any atom is -0.491 e. The van der Waals surface area contributed by atoms with Crippen molar-refractivity contribution in [1.29, 1.82) is 0 Å². The first-order chi connectivity index (χ1) is 19.5. The fraction of sp³-hybridized carbons (Fsp3) is 0.531. The average molecular weight is 602 g/mol. The Kier molecular flexibility index (Phi) is 12.3. The Labute approximate surface area is 250 Å². The van der Waals surface area contributed by atoms with Crippen LogP contribution in [0.1, 0.15) is 81.2 Å². The molecule has 10 heteroatoms. The van der Waals surface area contributed by atoms with Gasteiger partial charge >= 0.3 is 11.5 Å². The average Bonchev–Trinajstić information content (AvgIpc) is 3.74. The number of rotatable bonds is 7. The Hall–Kier alpha value is -3.24. The summed E-state index contributed by atoms with van der Waals surface area (Å²) in [7, 11) is -1.41. The molecule has 1 saturated carbocycles. The van der Waals surface area contributed by atoms with Gasteiger partial charge in [0.05, 0.1) is 36.1 Å². The molecule has 1 heterocycles. The van der Waals surface area contributed by atoms with Gasteiger partial charge in [0.2, 0.25) is 10.0 Å². The quantitative estimate of drug-likeness (QED) is 0.325. The molecule has 42 heavy (non-hydrogen) atoms. The Balaban J connectivity index is 0.000000257. The van der Waals surface area contributed by atoms with E-state index in [1.54, 1.807) is 6.20 Å². The van der Waals surface area contributed by atoms with E-state index >= 15 is 0 Å². The van der Waals surface area contributed by atoms with Crippen LogP contribution in [0.4, 0.5) is 0 Å². The second-order valence-electron chi connectivity index (χ2n) is 12.2. The number of nitrogens with one attached hydrogen (secondary N) is 1. The SMILES string of the molecule is CC(C)C(=O)OC(C)(C)C.CC(C)NS(=O)(=O)C1CC1.COc1c(-c2cccc3ccccc23)cnn(C(C)C)c1=O. The number of esters is 1. The summed E-state index contributed by atoms with van der Waals surface area (Å²) < 4.78 is 36.6. The first-order valence-electron chi connectivity index (χ1n) is 14.4. The second kappa shape index (κ2) is 14.8. The first-order valence-corrected chi connectivity index (χ1v) is 15.9. The lowest BCUT2D eigenvalue weighted by Crippen LogP contribution is -2.32. The first kappa shape index (κ1) is 35.0. The summed E-state index contributed by atoms with van der Waals surface area (Å²) in [6.07, 6.45) is 3.38. The summed E-state index contributed by atoms with van der Waals surface area (Å²) in [6.45, 7) is 16.8. The number of carbonyl (C=O) groups is 1. The smallest absolute Gasteiger partial charge is 0.309 e. The molecule has 4 rings (SSSR count). The number of hydrogen-bond acceptors (Lipinski definition) is 7. The van der Waals surface area contributed by atoms with Crippen LogP contribution < -0.4 is 15.0 Å². The third-order valence-corrected chi connectivity index (χ3v) is 8.12. The van der Waals surface area contributed by atoms with E-state index in [2.05, 4.69) is 9.82 Å². The summed E-state index contributed by atoms with van der Waals surface area (Å²) in [6, 6.07) is 14.1. The highest BCUT2D eigenvalue weighted by Crippen LogP contribution is 2.32. The van der Waals surface area contributed by atoms with Crippen molar-refractivity contribution in [2.75, 3.05) is 7.11 Å². The molecule has 1 aromatic heterocycles. The molecule has 0 radical (unpaired) electrons. The normalized spacial score (nSPS) is 13.4. The van der Waals surface area contributed by atoms with Crippen LogP contribution in [0.15, 0.2) is 53.5 Å². The van der Waals surface area contributed by atoms with Gasteiger partial charge < -0.3 is 9.47 Å². The third kappa shape index (κ3) is 10.2. The summed E-state index contributed by atoms with van der Waals surface area (Å²) in [5.74, 6) is 0.173. The van der Waals surface area contributed by atoms with Crippen molar-refractivity contribution >= 4 is 26.8 Å². The highest BCUT2D eigenvalue weighted by atomic mass is 32.2. The van der Waals surface area contributed by atoms with Crippen molar-refractivity contribution in [2.24, 2.45) is 5.92 Å². The molecule has 0 atom stereocenters. The van der Waals surface area contributed by atoms with Gasteiger partial charge in [-0.2, -0.15) is 5.10 Å². The largest absolute Gasteiger partial charge is 0.491 e. The number of sulfonamides is 1. The summed E-state index contributed by atoms with van der Waals surface area (Å²) >= 11 is 0. The predicted octanol–water partition coefficient (Wildman–Crippen LogP) is 6.11. The molecular weight excluding hydrogens is 554 g/mol. The van der Waals surface area contributed by atoms with Crippen LogP contribution in [-0.4, -0.2) is 48.2 Å². The minimum atomic E-state index is -2.94. The molecule has 0 unspecified atom stereocenters. The summed E-state index contributed by atoms with van der Waals surface area (Å²) in [5, 5.41) is 6.40. The lowest BCUT2D eigenvalue weighted by atomic mass is 9.99. The molecule has 9 nitrogen and oxygen atoms in total. The van der Waals surface area contributed by atoms with E-state index in [1.165, 1.54) is 11.8 Å². The predicted molar refractivity (Wildman–Crippen MR) is 169 cm³/mol. The fourth-order valence-corrected chi connectivity index (χ4v) is 5.50. The number of nitrogens with zero attached hydrogens (tertiary/aromatic N) is 2. The van der Waals surface area contributed by atoms with Crippen LogP contribution in [0.5, 0.6) is 5.75 Å². The van der Waals surface area contributed by atoms with Crippen molar-refractivity contribution < 1.29 is 22.7 Å². The molecule has 0 aliphatic heterocycles. The van der Waals surface area contributed by atoms with Crippen LogP contribution in [0.25, 0.3) is 21.9 Å². The van der Waals surface area contributed by atoms with E-state index < -0.39 is 10.0 Å². The van der Waals surface area contributed by atoms with Gasteiger partial charge in [-0.3, -0.25) is 9.59 Å². The maximum Gasteiger partial charge on any atom is 0.309 e. The molecule has 232 valence electrons. The summed E-state index contributed by atoms with van der Waals surface area (Å²) in [5.41, 5.74) is 1.13. The van der Waals surface area contributed by atoms with Crippen molar-refractivity contribution in [3.8, 4) is 16.9 Å². The van der Waals surface area contributed by atoms with Crippen molar-refractivity contribution in [3.05, 3.63) is 59.0 Å². The Bertz CT molecular complexity index is 1500. The number of methoxy groups -OCH3 is 1. The Morgan fingerprint density at radius 3 is 2.05 bits per heavy atom. The van der Waals surface area contributed by atoms with E-state index in [1.807, 2.05) is 105 Å². The van der Waals surface area contributed by atoms with Gasteiger partial charge in [0.25, 0.3) is 0 Å². The molecule has 3 aromatic rings. The Morgan fingerprint density at radius 2 is 1.57 bits per heavy atom. The maximum absolute atomic E-state index is 12.5. The molecule has 1 fully saturated rings. The Morgan fingerprint density at radius 1 is 0.976 bits per heavy atom. The summed E-state index contributed by atoms with van der Waals surface area (Å²) in [4.78, 5) is 23.5. The number of aromatic nitrogens is 2. The molecule has 0 saturated heterocycles. The number of benzene rings is 2. The van der Waals surface area contributed by atoms with Crippen LogP contribution in [0.2, 0.25) is 0 Å². The van der Waals surface area contributed by atoms with E-state index in [0.717, 1.165) is 34.7 Å². The molecule has 1 N–H and O–H groups in total. The van der Waals surface area contributed by atoms with Crippen molar-refractivity contribution in [3.63, 3.8) is 0 Å². The maximum atomic E-state index is 12.5. The van der Waals surface area contributed by atoms with E-state index in [4.69, 9.17) is 9.47 Å². The number of hydrogen-bond donors (Lipinski definition) is 1. The van der Waals surface area contributed by atoms with Gasteiger partial charge in [-0.15, -0.1) is 0 Å². The standard InChI is InChI=1S/C18H18N2O2.C8H16O2.C6H13NO2S/c1-12(2)20-18(21)17(22-3)16(11-19-20)15-10-6-8-13-7-4-5-9-14(13)15;1-6(2)7(9)10-8(3,4)5;1-5(2)7-10(8,9)6-3-4-6/h4-12H,1-3H3;6H,1-5H3;5-7H,3-4H2,1-2H3. The topological polar surface area (TPSA) is 117 Å².